The number of benzene rings is 2. The normalized spacial score (nSPS) is 11.0. The zero-order valence-electron chi connectivity index (χ0n) is 11.9. The van der Waals surface area contributed by atoms with Crippen LogP contribution in [0.1, 0.15) is 21.7 Å². The number of carbonyl (C=O) groups is 1. The Hall–Kier alpha value is -2.73. The highest BCUT2D eigenvalue weighted by atomic mass is 19.1. The minimum absolute atomic E-state index is 0.0583. The number of aromatic amines is 1. The number of primary amides is 1. The van der Waals surface area contributed by atoms with Crippen LogP contribution in [0.5, 0.6) is 0 Å². The van der Waals surface area contributed by atoms with Crippen molar-refractivity contribution in [3.63, 3.8) is 0 Å². The lowest BCUT2D eigenvalue weighted by molar-refractivity contribution is 0.0999. The molecule has 5 nitrogen and oxygen atoms in total. The van der Waals surface area contributed by atoms with Crippen molar-refractivity contribution in [2.45, 2.75) is 13.5 Å². The summed E-state index contributed by atoms with van der Waals surface area (Å²) in [5.74, 6) is -0.611. The second-order valence-electron chi connectivity index (χ2n) is 5.06. The average molecular weight is 299 g/mol. The largest absolute Gasteiger partial charge is 0.392 e. The quantitative estimate of drug-likeness (QED) is 0.692. The maximum absolute atomic E-state index is 14.1. The van der Waals surface area contributed by atoms with E-state index in [4.69, 9.17) is 5.73 Å². The van der Waals surface area contributed by atoms with Crippen molar-refractivity contribution in [3.05, 3.63) is 53.1 Å². The van der Waals surface area contributed by atoms with E-state index in [0.29, 0.717) is 11.1 Å². The lowest BCUT2D eigenvalue weighted by Crippen LogP contribution is -2.12. The summed E-state index contributed by atoms with van der Waals surface area (Å²) in [5.41, 5.74) is 8.08. The van der Waals surface area contributed by atoms with Gasteiger partial charge in [-0.2, -0.15) is 0 Å². The standard InChI is InChI=1S/C16H14FN3O2/c1-8-19-14-3-2-9(6-15(14)20-8)11-4-10(16(18)22)5-13(17)12(11)7-21/h2-6,21H,7H2,1H3,(H2,18,22)(H,19,20). The summed E-state index contributed by atoms with van der Waals surface area (Å²) < 4.78 is 14.1. The van der Waals surface area contributed by atoms with Gasteiger partial charge in [0.05, 0.1) is 17.6 Å². The molecule has 1 heterocycles. The van der Waals surface area contributed by atoms with Crippen LogP contribution in [-0.2, 0) is 6.61 Å². The van der Waals surface area contributed by atoms with Gasteiger partial charge in [-0.1, -0.05) is 6.07 Å². The molecule has 3 rings (SSSR count). The molecule has 0 spiro atoms. The molecule has 0 bridgehead atoms. The highest BCUT2D eigenvalue weighted by Crippen LogP contribution is 2.29. The van der Waals surface area contributed by atoms with E-state index in [2.05, 4.69) is 9.97 Å². The van der Waals surface area contributed by atoms with Gasteiger partial charge < -0.3 is 15.8 Å². The third-order valence-electron chi connectivity index (χ3n) is 3.55. The molecular formula is C16H14FN3O2. The fourth-order valence-corrected chi connectivity index (χ4v) is 2.50. The summed E-state index contributed by atoms with van der Waals surface area (Å²) in [5, 5.41) is 9.43. The van der Waals surface area contributed by atoms with Gasteiger partial charge in [-0.3, -0.25) is 4.79 Å². The Morgan fingerprint density at radius 2 is 2.14 bits per heavy atom. The molecule has 1 amide bonds. The number of aliphatic hydroxyl groups excluding tert-OH is 1. The number of nitrogens with zero attached hydrogens (tertiary/aromatic N) is 1. The van der Waals surface area contributed by atoms with Crippen molar-refractivity contribution >= 4 is 16.9 Å². The van der Waals surface area contributed by atoms with Gasteiger partial charge in [0.15, 0.2) is 0 Å². The van der Waals surface area contributed by atoms with Gasteiger partial charge in [0.2, 0.25) is 5.91 Å². The van der Waals surface area contributed by atoms with Gasteiger partial charge in [-0.15, -0.1) is 0 Å². The molecule has 0 saturated carbocycles. The lowest BCUT2D eigenvalue weighted by atomic mass is 9.96. The Labute approximate surface area is 125 Å². The monoisotopic (exact) mass is 299 g/mol. The molecule has 112 valence electrons. The number of nitrogens with two attached hydrogens (primary N) is 1. The molecular weight excluding hydrogens is 285 g/mol. The Balaban J connectivity index is 2.25. The number of hydrogen-bond acceptors (Lipinski definition) is 3. The summed E-state index contributed by atoms with van der Waals surface area (Å²) in [6, 6.07) is 7.89. The van der Waals surface area contributed by atoms with Crippen LogP contribution in [0, 0.1) is 12.7 Å². The van der Waals surface area contributed by atoms with Gasteiger partial charge in [0.25, 0.3) is 0 Å². The van der Waals surface area contributed by atoms with Crippen LogP contribution < -0.4 is 5.73 Å². The van der Waals surface area contributed by atoms with E-state index >= 15 is 0 Å². The second-order valence-corrected chi connectivity index (χ2v) is 5.06. The Morgan fingerprint density at radius 3 is 2.82 bits per heavy atom. The number of imidazole rings is 1. The third-order valence-corrected chi connectivity index (χ3v) is 3.55. The number of aliphatic hydroxyl groups is 1. The first-order valence-electron chi connectivity index (χ1n) is 6.69. The predicted octanol–water partition coefficient (Wildman–Crippen LogP) is 2.27. The Kier molecular flexibility index (Phi) is 3.38. The van der Waals surface area contributed by atoms with Gasteiger partial charge >= 0.3 is 0 Å². The van der Waals surface area contributed by atoms with E-state index in [1.165, 1.54) is 6.07 Å². The van der Waals surface area contributed by atoms with E-state index < -0.39 is 18.3 Å². The molecule has 4 N–H and O–H groups in total. The molecule has 2 aromatic carbocycles. The minimum Gasteiger partial charge on any atom is -0.392 e. The van der Waals surface area contributed by atoms with Crippen LogP contribution in [-0.4, -0.2) is 21.0 Å². The van der Waals surface area contributed by atoms with E-state index in [-0.39, 0.29) is 11.1 Å². The van der Waals surface area contributed by atoms with Crippen molar-refractivity contribution in [2.75, 3.05) is 0 Å². The summed E-state index contributed by atoms with van der Waals surface area (Å²) in [7, 11) is 0. The fraction of sp³-hybridized carbons (Fsp3) is 0.125. The summed E-state index contributed by atoms with van der Waals surface area (Å²) in [4.78, 5) is 18.8. The summed E-state index contributed by atoms with van der Waals surface area (Å²) in [6.07, 6.45) is 0. The number of halogens is 1. The van der Waals surface area contributed by atoms with Crippen LogP contribution >= 0.6 is 0 Å². The van der Waals surface area contributed by atoms with E-state index in [0.717, 1.165) is 22.9 Å². The molecule has 1 aromatic heterocycles. The Morgan fingerprint density at radius 1 is 1.36 bits per heavy atom. The van der Waals surface area contributed by atoms with Crippen LogP contribution in [0.4, 0.5) is 4.39 Å². The van der Waals surface area contributed by atoms with Gasteiger partial charge in [-0.25, -0.2) is 9.37 Å². The maximum atomic E-state index is 14.1. The number of aryl methyl sites for hydroxylation is 1. The highest BCUT2D eigenvalue weighted by molar-refractivity contribution is 5.95. The third kappa shape index (κ3) is 2.33. The van der Waals surface area contributed by atoms with Crippen molar-refractivity contribution in [1.29, 1.82) is 0 Å². The molecule has 0 aliphatic carbocycles. The number of rotatable bonds is 3. The predicted molar refractivity (Wildman–Crippen MR) is 80.7 cm³/mol. The zero-order chi connectivity index (χ0) is 15.9. The van der Waals surface area contributed by atoms with Gasteiger partial charge in [0, 0.05) is 11.1 Å². The summed E-state index contributed by atoms with van der Waals surface area (Å²) in [6.45, 7) is 1.37. The number of aromatic nitrogens is 2. The smallest absolute Gasteiger partial charge is 0.248 e. The van der Waals surface area contributed by atoms with Gasteiger partial charge in [-0.05, 0) is 42.3 Å². The number of H-pyrrole nitrogens is 1. The number of carbonyl (C=O) groups excluding carboxylic acids is 1. The average Bonchev–Trinajstić information content (AvgIpc) is 2.85. The first-order valence-corrected chi connectivity index (χ1v) is 6.69. The molecule has 0 fully saturated rings. The topological polar surface area (TPSA) is 92.0 Å². The Bertz CT molecular complexity index is 886. The zero-order valence-corrected chi connectivity index (χ0v) is 11.9. The number of fused-ring (bicyclic) bond motifs is 1. The van der Waals surface area contributed by atoms with Crippen molar-refractivity contribution < 1.29 is 14.3 Å². The SMILES string of the molecule is Cc1nc2cc(-c3cc(C(N)=O)cc(F)c3CO)ccc2[nH]1. The molecule has 0 atom stereocenters. The van der Waals surface area contributed by atoms with Crippen LogP contribution in [0.3, 0.4) is 0 Å². The first kappa shape index (κ1) is 14.2. The number of amides is 1. The second kappa shape index (κ2) is 5.23. The van der Waals surface area contributed by atoms with Crippen LogP contribution in [0.2, 0.25) is 0 Å². The van der Waals surface area contributed by atoms with Crippen LogP contribution in [0.15, 0.2) is 30.3 Å². The molecule has 22 heavy (non-hydrogen) atoms. The molecule has 6 heteroatoms. The fourth-order valence-electron chi connectivity index (χ4n) is 2.50. The molecule has 0 radical (unpaired) electrons. The lowest BCUT2D eigenvalue weighted by Gasteiger charge is -2.11. The highest BCUT2D eigenvalue weighted by Gasteiger charge is 2.15. The van der Waals surface area contributed by atoms with Crippen molar-refractivity contribution in [3.8, 4) is 11.1 Å². The van der Waals surface area contributed by atoms with Gasteiger partial charge in [0.1, 0.15) is 11.6 Å². The van der Waals surface area contributed by atoms with E-state index in [1.54, 1.807) is 12.1 Å². The van der Waals surface area contributed by atoms with E-state index in [1.807, 2.05) is 13.0 Å². The molecule has 3 aromatic rings. The molecule has 0 unspecified atom stereocenters. The molecule has 0 aliphatic rings. The molecule has 0 saturated heterocycles. The molecule has 0 aliphatic heterocycles. The summed E-state index contributed by atoms with van der Waals surface area (Å²) >= 11 is 0. The van der Waals surface area contributed by atoms with E-state index in [9.17, 15) is 14.3 Å². The van der Waals surface area contributed by atoms with Crippen LogP contribution in [0.25, 0.3) is 22.2 Å². The minimum atomic E-state index is -0.721. The first-order chi connectivity index (χ1) is 10.5. The number of nitrogens with one attached hydrogen (secondary N) is 1. The van der Waals surface area contributed by atoms with Crippen molar-refractivity contribution in [1.82, 2.24) is 9.97 Å². The van der Waals surface area contributed by atoms with Crippen molar-refractivity contribution in [2.24, 2.45) is 5.73 Å². The number of hydrogen-bond donors (Lipinski definition) is 3. The maximum Gasteiger partial charge on any atom is 0.248 e.